The minimum atomic E-state index is -3.76. The minimum Gasteiger partial charge on any atom is -0.495 e. The van der Waals surface area contributed by atoms with Crippen molar-refractivity contribution in [2.24, 2.45) is 0 Å². The van der Waals surface area contributed by atoms with Gasteiger partial charge in [0.1, 0.15) is 16.3 Å². The Balaban J connectivity index is 1.31. The lowest BCUT2D eigenvalue weighted by molar-refractivity contribution is -0.384. The van der Waals surface area contributed by atoms with Crippen molar-refractivity contribution in [3.63, 3.8) is 0 Å². The van der Waals surface area contributed by atoms with Crippen LogP contribution in [0.4, 0.5) is 5.69 Å². The maximum atomic E-state index is 13.5. The molecule has 0 unspecified atom stereocenters. The Labute approximate surface area is 257 Å². The molecule has 1 aliphatic heterocycles. The van der Waals surface area contributed by atoms with Crippen LogP contribution in [0.25, 0.3) is 28.0 Å². The molecule has 2 aromatic heterocycles. The van der Waals surface area contributed by atoms with E-state index in [-0.39, 0.29) is 10.6 Å². The molecule has 12 heteroatoms. The maximum absolute atomic E-state index is 13.5. The molecule has 1 saturated heterocycles. The van der Waals surface area contributed by atoms with Gasteiger partial charge in [0, 0.05) is 61.1 Å². The molecule has 0 aliphatic carbocycles. The molecule has 1 aliphatic rings. The standard InChI is InChI=1S/C31H28BrN5O5S/c1-42-28-12-11-25(32)19-29(28)43(40,41)35-16-14-34(15-17-35)21-27-31(22-6-3-2-4-7-22)33-30-13-10-24(20-36(27)30)23-8-5-9-26(18-23)37(38)39/h2-13,18-20H,14-17,21H2,1H3. The number of methoxy groups -OCH3 is 1. The van der Waals surface area contributed by atoms with Crippen molar-refractivity contribution in [2.45, 2.75) is 11.4 Å². The van der Waals surface area contributed by atoms with E-state index in [1.54, 1.807) is 30.3 Å². The molecule has 0 radical (unpaired) electrons. The molecule has 3 aromatic carbocycles. The second-order valence-electron chi connectivity index (χ2n) is 10.2. The Morgan fingerprint density at radius 1 is 0.907 bits per heavy atom. The van der Waals surface area contributed by atoms with Gasteiger partial charge in [-0.25, -0.2) is 13.4 Å². The number of sulfonamides is 1. The highest BCUT2D eigenvalue weighted by Gasteiger charge is 2.32. The average molecular weight is 663 g/mol. The summed E-state index contributed by atoms with van der Waals surface area (Å²) in [5.74, 6) is 0.309. The monoisotopic (exact) mass is 661 g/mol. The Kier molecular flexibility index (Phi) is 8.01. The Morgan fingerprint density at radius 3 is 2.37 bits per heavy atom. The number of benzene rings is 3. The summed E-state index contributed by atoms with van der Waals surface area (Å²) in [4.78, 5) is 18.3. The van der Waals surface area contributed by atoms with E-state index in [4.69, 9.17) is 9.72 Å². The number of ether oxygens (including phenoxy) is 1. The molecule has 3 heterocycles. The fourth-order valence-corrected chi connectivity index (χ4v) is 7.49. The van der Waals surface area contributed by atoms with Crippen molar-refractivity contribution < 1.29 is 18.1 Å². The van der Waals surface area contributed by atoms with Crippen molar-refractivity contribution in [1.29, 1.82) is 0 Å². The van der Waals surface area contributed by atoms with E-state index in [0.717, 1.165) is 33.7 Å². The van der Waals surface area contributed by atoms with E-state index in [1.165, 1.54) is 17.5 Å². The minimum absolute atomic E-state index is 0.0294. The number of hydrogen-bond acceptors (Lipinski definition) is 7. The van der Waals surface area contributed by atoms with E-state index in [2.05, 4.69) is 20.8 Å². The SMILES string of the molecule is COc1ccc(Br)cc1S(=O)(=O)N1CCN(Cc2c(-c3ccccc3)nc3ccc(-c4cccc([N+](=O)[O-])c4)cn23)CC1. The third kappa shape index (κ3) is 5.78. The van der Waals surface area contributed by atoms with Gasteiger partial charge in [-0.15, -0.1) is 0 Å². The first-order valence-corrected chi connectivity index (χ1v) is 15.8. The number of aromatic nitrogens is 2. The molecular weight excluding hydrogens is 634 g/mol. The highest BCUT2D eigenvalue weighted by Crippen LogP contribution is 2.32. The molecule has 0 spiro atoms. The number of pyridine rings is 1. The number of non-ortho nitro benzene ring substituents is 1. The molecule has 0 N–H and O–H groups in total. The summed E-state index contributed by atoms with van der Waals surface area (Å²) in [6.45, 7) is 2.25. The molecule has 0 atom stereocenters. The molecule has 1 fully saturated rings. The average Bonchev–Trinajstić information content (AvgIpc) is 3.39. The van der Waals surface area contributed by atoms with E-state index in [9.17, 15) is 18.5 Å². The summed E-state index contributed by atoms with van der Waals surface area (Å²) in [5.41, 5.74) is 5.12. The normalized spacial score (nSPS) is 14.7. The first-order valence-electron chi connectivity index (χ1n) is 13.6. The lowest BCUT2D eigenvalue weighted by atomic mass is 10.1. The van der Waals surface area contributed by atoms with Crippen LogP contribution < -0.4 is 4.74 Å². The molecule has 0 amide bonds. The van der Waals surface area contributed by atoms with Gasteiger partial charge in [-0.3, -0.25) is 15.0 Å². The lowest BCUT2D eigenvalue weighted by Crippen LogP contribution is -2.48. The number of piperazine rings is 1. The molecular formula is C31H28BrN5O5S. The Morgan fingerprint density at radius 2 is 1.65 bits per heavy atom. The van der Waals surface area contributed by atoms with Crippen molar-refractivity contribution >= 4 is 37.3 Å². The fraction of sp³-hybridized carbons (Fsp3) is 0.194. The zero-order valence-corrected chi connectivity index (χ0v) is 25.7. The van der Waals surface area contributed by atoms with Crippen LogP contribution in [0.5, 0.6) is 5.75 Å². The van der Waals surface area contributed by atoms with E-state index < -0.39 is 14.9 Å². The van der Waals surface area contributed by atoms with Gasteiger partial charge in [-0.2, -0.15) is 4.31 Å². The molecule has 0 bridgehead atoms. The molecule has 0 saturated carbocycles. The van der Waals surface area contributed by atoms with Gasteiger partial charge in [0.25, 0.3) is 5.69 Å². The molecule has 6 rings (SSSR count). The van der Waals surface area contributed by atoms with Crippen LogP contribution in [-0.2, 0) is 16.6 Å². The third-order valence-corrected chi connectivity index (χ3v) is 10.0. The van der Waals surface area contributed by atoms with Crippen molar-refractivity contribution in [3.8, 4) is 28.1 Å². The smallest absolute Gasteiger partial charge is 0.270 e. The van der Waals surface area contributed by atoms with E-state index in [0.29, 0.717) is 42.9 Å². The van der Waals surface area contributed by atoms with E-state index >= 15 is 0 Å². The van der Waals surface area contributed by atoms with Gasteiger partial charge in [0.2, 0.25) is 10.0 Å². The second-order valence-corrected chi connectivity index (χ2v) is 13.0. The summed E-state index contributed by atoms with van der Waals surface area (Å²) in [7, 11) is -2.30. The van der Waals surface area contributed by atoms with Crippen LogP contribution >= 0.6 is 15.9 Å². The Bertz CT molecular complexity index is 1920. The largest absolute Gasteiger partial charge is 0.495 e. The Hall–Kier alpha value is -4.10. The summed E-state index contributed by atoms with van der Waals surface area (Å²) in [6, 6.07) is 25.3. The number of nitro groups is 1. The van der Waals surface area contributed by atoms with Crippen molar-refractivity contribution in [3.05, 3.63) is 111 Å². The van der Waals surface area contributed by atoms with Crippen LogP contribution in [0, 0.1) is 10.1 Å². The van der Waals surface area contributed by atoms with Crippen LogP contribution in [-0.4, -0.2) is 65.2 Å². The molecule has 43 heavy (non-hydrogen) atoms. The van der Waals surface area contributed by atoms with Gasteiger partial charge in [0.05, 0.1) is 23.4 Å². The first-order chi connectivity index (χ1) is 20.7. The predicted molar refractivity (Wildman–Crippen MR) is 167 cm³/mol. The molecule has 220 valence electrons. The number of fused-ring (bicyclic) bond motifs is 1. The highest BCUT2D eigenvalue weighted by atomic mass is 79.9. The van der Waals surface area contributed by atoms with E-state index in [1.807, 2.05) is 59.1 Å². The predicted octanol–water partition coefficient (Wildman–Crippen LogP) is 5.85. The van der Waals surface area contributed by atoms with Crippen LogP contribution in [0.3, 0.4) is 0 Å². The summed E-state index contributed by atoms with van der Waals surface area (Å²) >= 11 is 3.38. The van der Waals surface area contributed by atoms with Gasteiger partial charge >= 0.3 is 0 Å². The zero-order chi connectivity index (χ0) is 30.1. The summed E-state index contributed by atoms with van der Waals surface area (Å²) in [5, 5.41) is 11.4. The summed E-state index contributed by atoms with van der Waals surface area (Å²) in [6.07, 6.45) is 1.96. The van der Waals surface area contributed by atoms with Gasteiger partial charge in [0.15, 0.2) is 0 Å². The van der Waals surface area contributed by atoms with Gasteiger partial charge < -0.3 is 9.14 Å². The number of halogens is 1. The third-order valence-electron chi connectivity index (χ3n) is 7.60. The second kappa shape index (κ2) is 11.9. The van der Waals surface area contributed by atoms with Crippen LogP contribution in [0.1, 0.15) is 5.69 Å². The van der Waals surface area contributed by atoms with Crippen molar-refractivity contribution in [1.82, 2.24) is 18.6 Å². The molecule has 5 aromatic rings. The quantitative estimate of drug-likeness (QED) is 0.151. The van der Waals surface area contributed by atoms with Gasteiger partial charge in [-0.05, 0) is 41.5 Å². The van der Waals surface area contributed by atoms with Gasteiger partial charge in [-0.1, -0.05) is 58.4 Å². The molecule has 10 nitrogen and oxygen atoms in total. The van der Waals surface area contributed by atoms with Crippen LogP contribution in [0.15, 0.2) is 100 Å². The number of nitro benzene ring substituents is 1. The zero-order valence-electron chi connectivity index (χ0n) is 23.3. The topological polar surface area (TPSA) is 110 Å². The lowest BCUT2D eigenvalue weighted by Gasteiger charge is -2.34. The first kappa shape index (κ1) is 29.0. The number of hydrogen-bond donors (Lipinski definition) is 0. The fourth-order valence-electron chi connectivity index (χ4n) is 5.37. The summed E-state index contributed by atoms with van der Waals surface area (Å²) < 4.78 is 36.6. The number of rotatable bonds is 8. The van der Waals surface area contributed by atoms with Crippen molar-refractivity contribution in [2.75, 3.05) is 33.3 Å². The number of nitrogens with zero attached hydrogens (tertiary/aromatic N) is 5. The highest BCUT2D eigenvalue weighted by molar-refractivity contribution is 9.10. The number of imidazole rings is 1. The van der Waals surface area contributed by atoms with Crippen LogP contribution in [0.2, 0.25) is 0 Å². The maximum Gasteiger partial charge on any atom is 0.270 e.